The molecule has 124 valence electrons. The number of hydrogen-bond donors (Lipinski definition) is 2. The van der Waals surface area contributed by atoms with Crippen molar-refractivity contribution in [3.63, 3.8) is 0 Å². The van der Waals surface area contributed by atoms with Crippen molar-refractivity contribution in [2.24, 2.45) is 5.41 Å². The molecule has 1 amide bonds. The van der Waals surface area contributed by atoms with Gasteiger partial charge in [0.15, 0.2) is 0 Å². The molecule has 1 rings (SSSR count). The third-order valence-electron chi connectivity index (χ3n) is 4.03. The van der Waals surface area contributed by atoms with Crippen molar-refractivity contribution in [3.8, 4) is 0 Å². The van der Waals surface area contributed by atoms with Crippen LogP contribution in [0.5, 0.6) is 0 Å². The highest BCUT2D eigenvalue weighted by molar-refractivity contribution is 5.67. The van der Waals surface area contributed by atoms with Crippen molar-refractivity contribution < 1.29 is 9.53 Å². The Labute approximate surface area is 130 Å². The summed E-state index contributed by atoms with van der Waals surface area (Å²) >= 11 is 0. The van der Waals surface area contributed by atoms with Gasteiger partial charge in [0.25, 0.3) is 0 Å². The number of nitrogens with one attached hydrogen (secondary N) is 2. The Morgan fingerprint density at radius 1 is 1.19 bits per heavy atom. The zero-order valence-electron chi connectivity index (χ0n) is 14.6. The van der Waals surface area contributed by atoms with E-state index in [0.717, 1.165) is 13.0 Å². The Kier molecular flexibility index (Phi) is 6.98. The first-order chi connectivity index (χ1) is 9.68. The van der Waals surface area contributed by atoms with E-state index in [-0.39, 0.29) is 6.09 Å². The summed E-state index contributed by atoms with van der Waals surface area (Å²) in [4.78, 5) is 11.5. The molecule has 21 heavy (non-hydrogen) atoms. The molecule has 0 spiro atoms. The number of hydrogen-bond acceptors (Lipinski definition) is 3. The van der Waals surface area contributed by atoms with Crippen LogP contribution in [0.15, 0.2) is 0 Å². The molecule has 1 aliphatic rings. The Balaban J connectivity index is 2.08. The highest BCUT2D eigenvalue weighted by atomic mass is 16.6. The summed E-state index contributed by atoms with van der Waals surface area (Å²) in [6.07, 6.45) is 7.14. The zero-order chi connectivity index (χ0) is 15.9. The lowest BCUT2D eigenvalue weighted by atomic mass is 9.85. The standard InChI is InChI=1S/C17H34N2O2/c1-16(2,3)21-15(20)19-13-7-12-18-14-8-6-10-17(4,5)11-9-14/h14,18H,6-13H2,1-5H3,(H,19,20). The molecule has 1 aliphatic carbocycles. The van der Waals surface area contributed by atoms with Crippen LogP contribution < -0.4 is 10.6 Å². The van der Waals surface area contributed by atoms with E-state index in [1.54, 1.807) is 0 Å². The summed E-state index contributed by atoms with van der Waals surface area (Å²) in [5, 5.41) is 6.43. The summed E-state index contributed by atoms with van der Waals surface area (Å²) in [7, 11) is 0. The predicted octanol–water partition coefficient (Wildman–Crippen LogP) is 3.85. The van der Waals surface area contributed by atoms with Crippen molar-refractivity contribution in [3.05, 3.63) is 0 Å². The van der Waals surface area contributed by atoms with Crippen LogP contribution >= 0.6 is 0 Å². The van der Waals surface area contributed by atoms with Crippen LogP contribution in [0, 0.1) is 5.41 Å². The van der Waals surface area contributed by atoms with Gasteiger partial charge in [0, 0.05) is 12.6 Å². The third kappa shape index (κ3) is 8.97. The molecular weight excluding hydrogens is 264 g/mol. The second-order valence-electron chi connectivity index (χ2n) is 8.03. The van der Waals surface area contributed by atoms with Gasteiger partial charge < -0.3 is 15.4 Å². The van der Waals surface area contributed by atoms with Gasteiger partial charge in [-0.25, -0.2) is 4.79 Å². The van der Waals surface area contributed by atoms with Crippen molar-refractivity contribution in [2.75, 3.05) is 13.1 Å². The van der Waals surface area contributed by atoms with E-state index in [0.29, 0.717) is 18.0 Å². The average molecular weight is 298 g/mol. The molecule has 0 aromatic carbocycles. The van der Waals surface area contributed by atoms with Crippen LogP contribution in [0.1, 0.15) is 73.1 Å². The number of carbonyl (C=O) groups excluding carboxylic acids is 1. The van der Waals surface area contributed by atoms with Crippen molar-refractivity contribution in [1.29, 1.82) is 0 Å². The number of carbonyl (C=O) groups is 1. The molecule has 1 unspecified atom stereocenters. The minimum atomic E-state index is -0.421. The minimum absolute atomic E-state index is 0.321. The smallest absolute Gasteiger partial charge is 0.407 e. The number of alkyl carbamates (subject to hydrolysis) is 1. The van der Waals surface area contributed by atoms with Gasteiger partial charge in [0.2, 0.25) is 0 Å². The SMILES string of the molecule is CC1(C)CCCC(NCCCNC(=O)OC(C)(C)C)CC1. The lowest BCUT2D eigenvalue weighted by Gasteiger charge is -2.22. The van der Waals surface area contributed by atoms with Gasteiger partial charge in [0.05, 0.1) is 0 Å². The van der Waals surface area contributed by atoms with Gasteiger partial charge in [-0.15, -0.1) is 0 Å². The molecule has 4 heteroatoms. The normalized spacial score (nSPS) is 22.4. The van der Waals surface area contributed by atoms with Gasteiger partial charge in [-0.05, 0) is 64.8 Å². The van der Waals surface area contributed by atoms with Gasteiger partial charge in [-0.3, -0.25) is 0 Å². The first kappa shape index (κ1) is 18.3. The van der Waals surface area contributed by atoms with Crippen LogP contribution in [0.25, 0.3) is 0 Å². The first-order valence-corrected chi connectivity index (χ1v) is 8.38. The van der Waals surface area contributed by atoms with Gasteiger partial charge >= 0.3 is 6.09 Å². The van der Waals surface area contributed by atoms with Crippen molar-refractivity contribution in [2.45, 2.75) is 84.8 Å². The van der Waals surface area contributed by atoms with E-state index < -0.39 is 5.60 Å². The summed E-state index contributed by atoms with van der Waals surface area (Å²) < 4.78 is 5.20. The van der Waals surface area contributed by atoms with Crippen LogP contribution in [0.4, 0.5) is 4.79 Å². The molecule has 0 saturated heterocycles. The molecule has 1 saturated carbocycles. The summed E-state index contributed by atoms with van der Waals surface area (Å²) in [6, 6.07) is 0.647. The number of amides is 1. The topological polar surface area (TPSA) is 50.4 Å². The fraction of sp³-hybridized carbons (Fsp3) is 0.941. The molecule has 0 aromatic rings. The van der Waals surface area contributed by atoms with Crippen molar-refractivity contribution in [1.82, 2.24) is 10.6 Å². The molecule has 0 aromatic heterocycles. The number of ether oxygens (including phenoxy) is 1. The lowest BCUT2D eigenvalue weighted by molar-refractivity contribution is 0.0527. The molecule has 0 bridgehead atoms. The maximum absolute atomic E-state index is 11.5. The molecule has 0 heterocycles. The lowest BCUT2D eigenvalue weighted by Crippen LogP contribution is -2.35. The van der Waals surface area contributed by atoms with E-state index in [1.807, 2.05) is 20.8 Å². The number of rotatable bonds is 5. The highest BCUT2D eigenvalue weighted by Crippen LogP contribution is 2.33. The Bertz CT molecular complexity index is 321. The zero-order valence-corrected chi connectivity index (χ0v) is 14.6. The molecule has 0 aliphatic heterocycles. The third-order valence-corrected chi connectivity index (χ3v) is 4.03. The molecule has 0 radical (unpaired) electrons. The summed E-state index contributed by atoms with van der Waals surface area (Å²) in [6.45, 7) is 12.0. The van der Waals surface area contributed by atoms with Crippen LogP contribution in [0.3, 0.4) is 0 Å². The highest BCUT2D eigenvalue weighted by Gasteiger charge is 2.23. The summed E-state index contributed by atoms with van der Waals surface area (Å²) in [5.41, 5.74) is 0.0875. The monoisotopic (exact) mass is 298 g/mol. The molecule has 4 nitrogen and oxygen atoms in total. The van der Waals surface area contributed by atoms with Gasteiger partial charge in [-0.1, -0.05) is 20.3 Å². The Hall–Kier alpha value is -0.770. The van der Waals surface area contributed by atoms with E-state index >= 15 is 0 Å². The van der Waals surface area contributed by atoms with Crippen LogP contribution in [-0.2, 0) is 4.74 Å². The Morgan fingerprint density at radius 2 is 1.90 bits per heavy atom. The first-order valence-electron chi connectivity index (χ1n) is 8.38. The van der Waals surface area contributed by atoms with Crippen LogP contribution in [-0.4, -0.2) is 30.8 Å². The molecule has 2 N–H and O–H groups in total. The minimum Gasteiger partial charge on any atom is -0.444 e. The van der Waals surface area contributed by atoms with Crippen molar-refractivity contribution >= 4 is 6.09 Å². The summed E-state index contributed by atoms with van der Waals surface area (Å²) in [5.74, 6) is 0. The van der Waals surface area contributed by atoms with Crippen LogP contribution in [0.2, 0.25) is 0 Å². The molecule has 1 fully saturated rings. The average Bonchev–Trinajstić information content (AvgIpc) is 2.48. The molecule has 1 atom stereocenters. The maximum atomic E-state index is 11.5. The van der Waals surface area contributed by atoms with E-state index in [1.165, 1.54) is 32.1 Å². The quantitative estimate of drug-likeness (QED) is 0.599. The maximum Gasteiger partial charge on any atom is 0.407 e. The Morgan fingerprint density at radius 3 is 2.57 bits per heavy atom. The fourth-order valence-corrected chi connectivity index (χ4v) is 2.76. The molecular formula is C17H34N2O2. The van der Waals surface area contributed by atoms with E-state index in [9.17, 15) is 4.79 Å². The second-order valence-corrected chi connectivity index (χ2v) is 8.03. The largest absolute Gasteiger partial charge is 0.444 e. The second kappa shape index (κ2) is 8.02. The van der Waals surface area contributed by atoms with E-state index in [4.69, 9.17) is 4.74 Å². The predicted molar refractivity (Wildman–Crippen MR) is 87.5 cm³/mol. The fourth-order valence-electron chi connectivity index (χ4n) is 2.76. The van der Waals surface area contributed by atoms with E-state index in [2.05, 4.69) is 24.5 Å². The van der Waals surface area contributed by atoms with Gasteiger partial charge in [0.1, 0.15) is 5.60 Å². The van der Waals surface area contributed by atoms with Gasteiger partial charge in [-0.2, -0.15) is 0 Å².